The van der Waals surface area contributed by atoms with Gasteiger partial charge in [-0.25, -0.2) is 4.79 Å². The Bertz CT molecular complexity index is 412. The van der Waals surface area contributed by atoms with E-state index in [0.29, 0.717) is 6.54 Å². The molecule has 1 heterocycles. The summed E-state index contributed by atoms with van der Waals surface area (Å²) >= 11 is 0. The van der Waals surface area contributed by atoms with Crippen molar-refractivity contribution in [2.45, 2.75) is 90.3 Å². The molecule has 1 aliphatic rings. The predicted octanol–water partition coefficient (Wildman–Crippen LogP) is 3.77. The lowest BCUT2D eigenvalue weighted by Crippen LogP contribution is -2.58. The fraction of sp³-hybridized carbons (Fsp3) is 0.941. The largest absolute Gasteiger partial charge is 0.444 e. The summed E-state index contributed by atoms with van der Waals surface area (Å²) in [6.45, 7) is 17.1. The number of carbonyl (C=O) groups excluding carboxylic acids is 1. The summed E-state index contributed by atoms with van der Waals surface area (Å²) in [5.41, 5.74) is -0.537. The molecule has 1 N–H and O–H groups in total. The van der Waals surface area contributed by atoms with E-state index in [9.17, 15) is 9.90 Å². The highest BCUT2D eigenvalue weighted by molar-refractivity contribution is 6.74. The van der Waals surface area contributed by atoms with Gasteiger partial charge in [0.25, 0.3) is 0 Å². The summed E-state index contributed by atoms with van der Waals surface area (Å²) < 4.78 is 12.0. The molecular formula is C17H35NO4Si. The predicted molar refractivity (Wildman–Crippen MR) is 95.1 cm³/mol. The molecule has 0 saturated carbocycles. The molecule has 0 aromatic carbocycles. The zero-order valence-corrected chi connectivity index (χ0v) is 17.1. The standard InChI is InChI=1S/C17H35NO4Si/c1-16(2,3)21-15(20)18-11-9-10-14(13(18)12-19)22-23(7,8)17(4,5)6/h13-14,19H,9-12H2,1-8H3. The second kappa shape index (κ2) is 7.11. The number of ether oxygens (including phenoxy) is 1. The number of hydrogen-bond acceptors (Lipinski definition) is 4. The lowest BCUT2D eigenvalue weighted by Gasteiger charge is -2.46. The van der Waals surface area contributed by atoms with Crippen molar-refractivity contribution in [3.63, 3.8) is 0 Å². The maximum absolute atomic E-state index is 12.4. The highest BCUT2D eigenvalue weighted by Crippen LogP contribution is 2.39. The van der Waals surface area contributed by atoms with Crippen LogP contribution < -0.4 is 0 Å². The summed E-state index contributed by atoms with van der Waals surface area (Å²) in [5.74, 6) is 0. The first kappa shape index (κ1) is 20.5. The number of piperidine rings is 1. The fourth-order valence-electron chi connectivity index (χ4n) is 2.48. The monoisotopic (exact) mass is 345 g/mol. The molecule has 6 heteroatoms. The van der Waals surface area contributed by atoms with Crippen LogP contribution in [0.2, 0.25) is 18.1 Å². The average molecular weight is 346 g/mol. The van der Waals surface area contributed by atoms with E-state index in [-0.39, 0.29) is 29.9 Å². The molecule has 0 radical (unpaired) electrons. The van der Waals surface area contributed by atoms with E-state index in [4.69, 9.17) is 9.16 Å². The molecule has 0 aromatic rings. The molecule has 1 aliphatic heterocycles. The van der Waals surface area contributed by atoms with Gasteiger partial charge in [-0.1, -0.05) is 20.8 Å². The van der Waals surface area contributed by atoms with Crippen LogP contribution in [0.25, 0.3) is 0 Å². The van der Waals surface area contributed by atoms with Crippen molar-refractivity contribution in [3.05, 3.63) is 0 Å². The number of likely N-dealkylation sites (tertiary alicyclic amines) is 1. The Morgan fingerprint density at radius 2 is 1.78 bits per heavy atom. The summed E-state index contributed by atoms with van der Waals surface area (Å²) in [4.78, 5) is 14.1. The number of hydrogen-bond donors (Lipinski definition) is 1. The molecule has 136 valence electrons. The third-order valence-electron chi connectivity index (χ3n) is 4.78. The van der Waals surface area contributed by atoms with Crippen LogP contribution in [0, 0.1) is 0 Å². The van der Waals surface area contributed by atoms with Crippen LogP contribution >= 0.6 is 0 Å². The molecule has 0 aromatic heterocycles. The maximum Gasteiger partial charge on any atom is 0.410 e. The highest BCUT2D eigenvalue weighted by atomic mass is 28.4. The van der Waals surface area contributed by atoms with Crippen LogP contribution in [-0.2, 0) is 9.16 Å². The van der Waals surface area contributed by atoms with Gasteiger partial charge in [-0.05, 0) is 51.7 Å². The minimum absolute atomic E-state index is 0.0984. The van der Waals surface area contributed by atoms with E-state index < -0.39 is 13.9 Å². The van der Waals surface area contributed by atoms with Crippen molar-refractivity contribution in [2.75, 3.05) is 13.2 Å². The smallest absolute Gasteiger partial charge is 0.410 e. The van der Waals surface area contributed by atoms with E-state index in [1.54, 1.807) is 4.90 Å². The van der Waals surface area contributed by atoms with E-state index in [1.807, 2.05) is 20.8 Å². The summed E-state index contributed by atoms with van der Waals surface area (Å²) in [6, 6.07) is -0.326. The number of nitrogens with zero attached hydrogens (tertiary/aromatic N) is 1. The van der Waals surface area contributed by atoms with Crippen molar-refractivity contribution in [2.24, 2.45) is 0 Å². The van der Waals surface area contributed by atoms with Gasteiger partial charge in [0.15, 0.2) is 8.32 Å². The maximum atomic E-state index is 12.4. The van der Waals surface area contributed by atoms with Gasteiger partial charge in [0.1, 0.15) is 5.60 Å². The van der Waals surface area contributed by atoms with Gasteiger partial charge in [0.2, 0.25) is 0 Å². The molecule has 1 amide bonds. The van der Waals surface area contributed by atoms with Crippen molar-refractivity contribution in [3.8, 4) is 0 Å². The zero-order valence-electron chi connectivity index (χ0n) is 16.1. The molecule has 5 nitrogen and oxygen atoms in total. The molecule has 23 heavy (non-hydrogen) atoms. The van der Waals surface area contributed by atoms with Crippen LogP contribution in [-0.4, -0.2) is 55.3 Å². The van der Waals surface area contributed by atoms with Gasteiger partial charge >= 0.3 is 6.09 Å². The molecule has 2 unspecified atom stereocenters. The average Bonchev–Trinajstić information content (AvgIpc) is 2.34. The number of aliphatic hydroxyl groups is 1. The van der Waals surface area contributed by atoms with Crippen LogP contribution in [0.3, 0.4) is 0 Å². The van der Waals surface area contributed by atoms with Gasteiger partial charge in [-0.15, -0.1) is 0 Å². The lowest BCUT2D eigenvalue weighted by molar-refractivity contribution is -0.0332. The van der Waals surface area contributed by atoms with E-state index >= 15 is 0 Å². The number of aliphatic hydroxyl groups excluding tert-OH is 1. The van der Waals surface area contributed by atoms with E-state index in [1.165, 1.54) is 0 Å². The fourth-order valence-corrected chi connectivity index (χ4v) is 3.86. The highest BCUT2D eigenvalue weighted by Gasteiger charge is 2.44. The molecular weight excluding hydrogens is 310 g/mol. The Morgan fingerprint density at radius 3 is 2.22 bits per heavy atom. The Kier molecular flexibility index (Phi) is 6.32. The second-order valence-electron chi connectivity index (χ2n) is 8.98. The molecule has 1 rings (SSSR count). The van der Waals surface area contributed by atoms with Gasteiger partial charge in [0.05, 0.1) is 18.8 Å². The second-order valence-corrected chi connectivity index (χ2v) is 13.7. The number of amides is 1. The minimum atomic E-state index is -1.95. The van der Waals surface area contributed by atoms with E-state index in [0.717, 1.165) is 12.8 Å². The summed E-state index contributed by atoms with van der Waals surface area (Å²) in [7, 11) is -1.95. The van der Waals surface area contributed by atoms with Gasteiger partial charge in [0, 0.05) is 6.54 Å². The van der Waals surface area contributed by atoms with Crippen LogP contribution in [0.1, 0.15) is 54.4 Å². The topological polar surface area (TPSA) is 59.0 Å². The van der Waals surface area contributed by atoms with Gasteiger partial charge in [-0.3, -0.25) is 0 Å². The van der Waals surface area contributed by atoms with Crippen molar-refractivity contribution in [1.29, 1.82) is 0 Å². The van der Waals surface area contributed by atoms with Crippen molar-refractivity contribution < 1.29 is 19.1 Å². The SMILES string of the molecule is CC(C)(C)OC(=O)N1CCCC(O[Si](C)(C)C(C)(C)C)C1CO. The van der Waals surface area contributed by atoms with E-state index in [2.05, 4.69) is 33.9 Å². The van der Waals surface area contributed by atoms with Gasteiger partial charge in [-0.2, -0.15) is 0 Å². The molecule has 1 fully saturated rings. The minimum Gasteiger partial charge on any atom is -0.444 e. The Hall–Kier alpha value is -0.593. The number of rotatable bonds is 3. The molecule has 1 saturated heterocycles. The first-order valence-corrected chi connectivity index (χ1v) is 11.5. The summed E-state index contributed by atoms with van der Waals surface area (Å²) in [5, 5.41) is 9.96. The number of carbonyl (C=O) groups is 1. The van der Waals surface area contributed by atoms with Gasteiger partial charge < -0.3 is 19.2 Å². The molecule has 0 bridgehead atoms. The Labute approximate surface area is 142 Å². The lowest BCUT2D eigenvalue weighted by atomic mass is 10.00. The molecule has 0 aliphatic carbocycles. The van der Waals surface area contributed by atoms with Crippen molar-refractivity contribution >= 4 is 14.4 Å². The Morgan fingerprint density at radius 1 is 1.22 bits per heavy atom. The van der Waals surface area contributed by atoms with Crippen LogP contribution in [0.5, 0.6) is 0 Å². The first-order chi connectivity index (χ1) is 10.3. The molecule has 0 spiro atoms. The quantitative estimate of drug-likeness (QED) is 0.791. The third-order valence-corrected chi connectivity index (χ3v) is 9.29. The Balaban J connectivity index is 2.88. The third kappa shape index (κ3) is 5.47. The molecule has 2 atom stereocenters. The normalized spacial score (nSPS) is 23.8. The van der Waals surface area contributed by atoms with Crippen molar-refractivity contribution in [1.82, 2.24) is 4.90 Å². The first-order valence-electron chi connectivity index (χ1n) is 8.57. The zero-order chi connectivity index (χ0) is 18.1. The van der Waals surface area contributed by atoms with Crippen LogP contribution in [0.15, 0.2) is 0 Å². The summed E-state index contributed by atoms with van der Waals surface area (Å²) in [6.07, 6.45) is 1.26. The van der Waals surface area contributed by atoms with Crippen LogP contribution in [0.4, 0.5) is 4.79 Å².